The molecule has 3 fully saturated rings. The molecule has 1 aromatic rings. The van der Waals surface area contributed by atoms with Gasteiger partial charge in [0.05, 0.1) is 0 Å². The standard InChI is InChI=1S/C15H18ClN.BrH/c16-15-5-2-12(3-6-15)1-4-14-11-17-9-7-13(14)8-10-17;/h2-6,13H,1,7-11H2;1H/b14-4+;. The summed E-state index contributed by atoms with van der Waals surface area (Å²) in [7, 11) is 0. The largest absolute Gasteiger partial charge is 0.299 e. The highest BCUT2D eigenvalue weighted by molar-refractivity contribution is 8.93. The van der Waals surface area contributed by atoms with Crippen molar-refractivity contribution < 1.29 is 0 Å². The zero-order chi connectivity index (χ0) is 11.7. The molecule has 4 rings (SSSR count). The molecule has 3 aliphatic heterocycles. The molecular formula is C15H19BrClN. The van der Waals surface area contributed by atoms with Crippen LogP contribution in [0.5, 0.6) is 0 Å². The number of nitrogens with zero attached hydrogens (tertiary/aromatic N) is 1. The minimum atomic E-state index is 0. The molecule has 0 N–H and O–H groups in total. The first-order chi connectivity index (χ1) is 8.31. The van der Waals surface area contributed by atoms with Crippen molar-refractivity contribution in [2.75, 3.05) is 19.6 Å². The van der Waals surface area contributed by atoms with Crippen molar-refractivity contribution in [2.45, 2.75) is 19.3 Å². The maximum Gasteiger partial charge on any atom is 0.0406 e. The van der Waals surface area contributed by atoms with Crippen molar-refractivity contribution in [3.63, 3.8) is 0 Å². The van der Waals surface area contributed by atoms with Crippen LogP contribution in [0.1, 0.15) is 18.4 Å². The van der Waals surface area contributed by atoms with E-state index in [1.54, 1.807) is 5.57 Å². The second-order valence-electron chi connectivity index (χ2n) is 5.16. The molecule has 0 saturated carbocycles. The average molecular weight is 329 g/mol. The second-order valence-corrected chi connectivity index (χ2v) is 5.60. The molecule has 2 bridgehead atoms. The molecule has 3 heterocycles. The monoisotopic (exact) mass is 327 g/mol. The van der Waals surface area contributed by atoms with Gasteiger partial charge in [-0.3, -0.25) is 4.90 Å². The number of hydrogen-bond acceptors (Lipinski definition) is 1. The fourth-order valence-corrected chi connectivity index (χ4v) is 3.08. The Kier molecular flexibility index (Phi) is 4.88. The van der Waals surface area contributed by atoms with Crippen LogP contribution in [0.2, 0.25) is 5.02 Å². The molecule has 3 aliphatic rings. The molecule has 3 heteroatoms. The van der Waals surface area contributed by atoms with Gasteiger partial charge in [-0.2, -0.15) is 0 Å². The number of rotatable bonds is 2. The number of hydrogen-bond donors (Lipinski definition) is 0. The van der Waals surface area contributed by atoms with E-state index in [4.69, 9.17) is 11.6 Å². The molecular weight excluding hydrogens is 310 g/mol. The summed E-state index contributed by atoms with van der Waals surface area (Å²) in [6, 6.07) is 8.21. The maximum absolute atomic E-state index is 5.89. The van der Waals surface area contributed by atoms with E-state index in [0.717, 1.165) is 17.4 Å². The zero-order valence-corrected chi connectivity index (χ0v) is 12.9. The summed E-state index contributed by atoms with van der Waals surface area (Å²) in [5, 5.41) is 0.823. The molecule has 0 spiro atoms. The first-order valence-electron chi connectivity index (χ1n) is 6.47. The van der Waals surface area contributed by atoms with Gasteiger partial charge in [0.15, 0.2) is 0 Å². The van der Waals surface area contributed by atoms with E-state index >= 15 is 0 Å². The second kappa shape index (κ2) is 6.23. The molecule has 98 valence electrons. The van der Waals surface area contributed by atoms with Crippen molar-refractivity contribution in [1.29, 1.82) is 0 Å². The van der Waals surface area contributed by atoms with Gasteiger partial charge in [0.2, 0.25) is 0 Å². The first-order valence-corrected chi connectivity index (χ1v) is 6.85. The number of benzene rings is 1. The van der Waals surface area contributed by atoms with Gasteiger partial charge in [0.1, 0.15) is 0 Å². The number of piperidine rings is 3. The Morgan fingerprint density at radius 3 is 2.39 bits per heavy atom. The lowest BCUT2D eigenvalue weighted by atomic mass is 9.83. The molecule has 0 atom stereocenters. The zero-order valence-electron chi connectivity index (χ0n) is 10.4. The summed E-state index contributed by atoms with van der Waals surface area (Å²) in [4.78, 5) is 2.58. The third kappa shape index (κ3) is 3.17. The van der Waals surface area contributed by atoms with Crippen molar-refractivity contribution in [2.24, 2.45) is 5.92 Å². The summed E-state index contributed by atoms with van der Waals surface area (Å²) < 4.78 is 0. The predicted octanol–water partition coefficient (Wildman–Crippen LogP) is 4.11. The summed E-state index contributed by atoms with van der Waals surface area (Å²) in [5.74, 6) is 0.868. The lowest BCUT2D eigenvalue weighted by Gasteiger charge is -2.41. The lowest BCUT2D eigenvalue weighted by Crippen LogP contribution is -2.43. The Morgan fingerprint density at radius 2 is 1.83 bits per heavy atom. The van der Waals surface area contributed by atoms with Crippen molar-refractivity contribution in [3.05, 3.63) is 46.5 Å². The number of allylic oxidation sites excluding steroid dienone is 1. The molecule has 1 nitrogen and oxygen atoms in total. The summed E-state index contributed by atoms with van der Waals surface area (Å²) in [5.41, 5.74) is 3.02. The van der Waals surface area contributed by atoms with Crippen LogP contribution in [0.3, 0.4) is 0 Å². The predicted molar refractivity (Wildman–Crippen MR) is 82.7 cm³/mol. The molecule has 0 unspecified atom stereocenters. The van der Waals surface area contributed by atoms with Gasteiger partial charge in [-0.05, 0) is 56.0 Å². The van der Waals surface area contributed by atoms with Crippen LogP contribution in [-0.4, -0.2) is 24.5 Å². The van der Waals surface area contributed by atoms with Crippen molar-refractivity contribution in [1.82, 2.24) is 4.90 Å². The fraction of sp³-hybridized carbons (Fsp3) is 0.467. The molecule has 18 heavy (non-hydrogen) atoms. The molecule has 1 aromatic carbocycles. The van der Waals surface area contributed by atoms with Crippen LogP contribution in [0.25, 0.3) is 0 Å². The Balaban J connectivity index is 0.00000120. The average Bonchev–Trinajstić information content (AvgIpc) is 2.39. The van der Waals surface area contributed by atoms with Crippen molar-refractivity contribution in [3.8, 4) is 0 Å². The van der Waals surface area contributed by atoms with E-state index in [9.17, 15) is 0 Å². The topological polar surface area (TPSA) is 3.24 Å². The van der Waals surface area contributed by atoms with Gasteiger partial charge in [-0.1, -0.05) is 35.4 Å². The molecule has 0 aromatic heterocycles. The maximum atomic E-state index is 5.89. The Morgan fingerprint density at radius 1 is 1.17 bits per heavy atom. The molecule has 3 saturated heterocycles. The van der Waals surface area contributed by atoms with Crippen LogP contribution >= 0.6 is 28.6 Å². The van der Waals surface area contributed by atoms with Gasteiger partial charge >= 0.3 is 0 Å². The van der Waals surface area contributed by atoms with Crippen molar-refractivity contribution >= 4 is 28.6 Å². The summed E-state index contributed by atoms with van der Waals surface area (Å²) in [6.45, 7) is 3.82. The van der Waals surface area contributed by atoms with E-state index in [2.05, 4.69) is 23.1 Å². The van der Waals surface area contributed by atoms with Crippen LogP contribution in [0, 0.1) is 5.92 Å². The van der Waals surface area contributed by atoms with E-state index < -0.39 is 0 Å². The highest BCUT2D eigenvalue weighted by Crippen LogP contribution is 2.31. The van der Waals surface area contributed by atoms with Gasteiger partial charge in [-0.15, -0.1) is 17.0 Å². The van der Waals surface area contributed by atoms with Gasteiger partial charge < -0.3 is 0 Å². The summed E-state index contributed by atoms with van der Waals surface area (Å²) in [6.07, 6.45) is 6.23. The Labute approximate surface area is 125 Å². The minimum absolute atomic E-state index is 0. The van der Waals surface area contributed by atoms with E-state index in [1.807, 2.05) is 12.1 Å². The highest BCUT2D eigenvalue weighted by atomic mass is 79.9. The van der Waals surface area contributed by atoms with Gasteiger partial charge in [0.25, 0.3) is 0 Å². The van der Waals surface area contributed by atoms with Crippen LogP contribution < -0.4 is 0 Å². The third-order valence-electron chi connectivity index (χ3n) is 4.03. The quantitative estimate of drug-likeness (QED) is 0.738. The van der Waals surface area contributed by atoms with Gasteiger partial charge in [-0.25, -0.2) is 0 Å². The van der Waals surface area contributed by atoms with E-state index in [1.165, 1.54) is 38.0 Å². The SMILES string of the molecule is Br.Clc1ccc(C/C=C2\CN3CCC2CC3)cc1. The number of halogens is 2. The fourth-order valence-electron chi connectivity index (χ4n) is 2.95. The van der Waals surface area contributed by atoms with Gasteiger partial charge in [0, 0.05) is 11.6 Å². The van der Waals surface area contributed by atoms with Crippen LogP contribution in [0.15, 0.2) is 35.9 Å². The highest BCUT2D eigenvalue weighted by Gasteiger charge is 2.28. The minimum Gasteiger partial charge on any atom is -0.299 e. The third-order valence-corrected chi connectivity index (χ3v) is 4.28. The Bertz CT molecular complexity index is 419. The molecule has 0 radical (unpaired) electrons. The summed E-state index contributed by atoms with van der Waals surface area (Å²) >= 11 is 5.89. The first kappa shape index (κ1) is 14.1. The van der Waals surface area contributed by atoms with E-state index in [0.29, 0.717) is 0 Å². The normalized spacial score (nSPS) is 28.2. The molecule has 0 amide bonds. The molecule has 0 aliphatic carbocycles. The van der Waals surface area contributed by atoms with Crippen LogP contribution in [-0.2, 0) is 6.42 Å². The lowest BCUT2D eigenvalue weighted by molar-refractivity contribution is 0.161. The number of fused-ring (bicyclic) bond motifs is 3. The van der Waals surface area contributed by atoms with E-state index in [-0.39, 0.29) is 17.0 Å². The Hall–Kier alpha value is -0.310. The van der Waals surface area contributed by atoms with Crippen LogP contribution in [0.4, 0.5) is 0 Å². The smallest absolute Gasteiger partial charge is 0.0406 e.